The summed E-state index contributed by atoms with van der Waals surface area (Å²) in [5, 5.41) is 1.15. The van der Waals surface area contributed by atoms with E-state index >= 15 is 0 Å². The molecule has 1 aromatic carbocycles. The Hall–Kier alpha value is -1.42. The maximum atomic E-state index is 5.89. The van der Waals surface area contributed by atoms with E-state index in [-0.39, 0.29) is 10.8 Å². The van der Waals surface area contributed by atoms with Crippen LogP contribution in [-0.4, -0.2) is 9.97 Å². The van der Waals surface area contributed by atoms with Gasteiger partial charge in [-0.25, -0.2) is 9.97 Å². The average molecular weight is 288 g/mol. The molecular weight excluding hydrogens is 268 g/mol. The summed E-state index contributed by atoms with van der Waals surface area (Å²) in [5.74, 6) is 0.779. The Labute approximate surface area is 123 Å². The fourth-order valence-electron chi connectivity index (χ4n) is 1.99. The highest BCUT2D eigenvalue weighted by Gasteiger charge is 2.23. The number of thiazole rings is 1. The third-order valence-corrected chi connectivity index (χ3v) is 4.62. The first-order chi connectivity index (χ1) is 9.14. The van der Waals surface area contributed by atoms with Gasteiger partial charge in [-0.2, -0.15) is 0 Å². The van der Waals surface area contributed by atoms with Crippen LogP contribution in [0.25, 0.3) is 21.3 Å². The molecular formula is C16H20N2OS. The van der Waals surface area contributed by atoms with Gasteiger partial charge >= 0.3 is 0 Å². The minimum atomic E-state index is -0.0730. The van der Waals surface area contributed by atoms with Gasteiger partial charge in [0.1, 0.15) is 5.52 Å². The first kappa shape index (κ1) is 13.6. The Morgan fingerprint density at radius 1 is 0.900 bits per heavy atom. The number of hydrogen-bond donors (Lipinski definition) is 0. The van der Waals surface area contributed by atoms with Gasteiger partial charge in [0.15, 0.2) is 5.58 Å². The second kappa shape index (κ2) is 4.04. The number of oxazole rings is 1. The quantitative estimate of drug-likeness (QED) is 0.582. The van der Waals surface area contributed by atoms with E-state index in [9.17, 15) is 0 Å². The first-order valence-corrected chi connectivity index (χ1v) is 7.68. The molecule has 2 aromatic heterocycles. The van der Waals surface area contributed by atoms with E-state index in [1.54, 1.807) is 11.3 Å². The maximum Gasteiger partial charge on any atom is 0.200 e. The lowest BCUT2D eigenvalue weighted by Crippen LogP contribution is -2.10. The van der Waals surface area contributed by atoms with E-state index in [0.717, 1.165) is 27.5 Å². The molecule has 0 aliphatic rings. The van der Waals surface area contributed by atoms with Gasteiger partial charge in [-0.1, -0.05) is 41.5 Å². The second-order valence-electron chi connectivity index (χ2n) is 7.33. The van der Waals surface area contributed by atoms with Gasteiger partial charge in [-0.15, -0.1) is 11.3 Å². The van der Waals surface area contributed by atoms with Gasteiger partial charge in [0.05, 0.1) is 15.2 Å². The van der Waals surface area contributed by atoms with Crippen molar-refractivity contribution in [1.82, 2.24) is 9.97 Å². The Kier molecular flexibility index (Phi) is 2.74. The van der Waals surface area contributed by atoms with Crippen LogP contribution in [0.5, 0.6) is 0 Å². The molecule has 0 saturated heterocycles. The molecule has 0 N–H and O–H groups in total. The van der Waals surface area contributed by atoms with Crippen molar-refractivity contribution in [2.24, 2.45) is 0 Å². The van der Waals surface area contributed by atoms with Crippen LogP contribution in [0.2, 0.25) is 0 Å². The molecule has 0 atom stereocenters. The molecule has 0 saturated carbocycles. The molecule has 20 heavy (non-hydrogen) atoms. The van der Waals surface area contributed by atoms with Gasteiger partial charge in [0.25, 0.3) is 0 Å². The summed E-state index contributed by atoms with van der Waals surface area (Å²) >= 11 is 1.74. The highest BCUT2D eigenvalue weighted by Crippen LogP contribution is 2.34. The van der Waals surface area contributed by atoms with Crippen LogP contribution in [0.15, 0.2) is 16.5 Å². The number of aromatic nitrogens is 2. The molecule has 0 aliphatic heterocycles. The monoisotopic (exact) mass is 288 g/mol. The van der Waals surface area contributed by atoms with Crippen molar-refractivity contribution in [1.29, 1.82) is 0 Å². The van der Waals surface area contributed by atoms with E-state index in [2.05, 4.69) is 52.6 Å². The lowest BCUT2D eigenvalue weighted by atomic mass is 9.97. The number of nitrogens with zero attached hydrogens (tertiary/aromatic N) is 2. The summed E-state index contributed by atoms with van der Waals surface area (Å²) < 4.78 is 7.07. The van der Waals surface area contributed by atoms with E-state index in [1.165, 1.54) is 4.70 Å². The van der Waals surface area contributed by atoms with Crippen molar-refractivity contribution in [3.63, 3.8) is 0 Å². The molecule has 3 nitrogen and oxygen atoms in total. The minimum Gasteiger partial charge on any atom is -0.440 e. The van der Waals surface area contributed by atoms with Crippen LogP contribution in [0, 0.1) is 0 Å². The van der Waals surface area contributed by atoms with Crippen LogP contribution >= 0.6 is 11.3 Å². The third kappa shape index (κ3) is 2.22. The summed E-state index contributed by atoms with van der Waals surface area (Å²) in [6, 6.07) is 4.11. The zero-order valence-corrected chi connectivity index (χ0v) is 13.7. The maximum absolute atomic E-state index is 5.89. The normalized spacial score (nSPS) is 13.5. The fourth-order valence-corrected chi connectivity index (χ4v) is 3.03. The highest BCUT2D eigenvalue weighted by atomic mass is 32.1. The van der Waals surface area contributed by atoms with Crippen molar-refractivity contribution in [3.05, 3.63) is 23.0 Å². The van der Waals surface area contributed by atoms with Crippen molar-refractivity contribution >= 4 is 32.7 Å². The van der Waals surface area contributed by atoms with Crippen molar-refractivity contribution in [3.8, 4) is 0 Å². The number of fused-ring (bicyclic) bond motifs is 2. The number of rotatable bonds is 0. The van der Waals surface area contributed by atoms with Crippen LogP contribution in [0.1, 0.15) is 52.4 Å². The standard InChI is InChI=1S/C16H20N2OS/c1-15(2,3)13-17-9-8-12-10(7-11(9)19-13)18-14(20-12)16(4,5)6/h7-8H,1-6H3. The topological polar surface area (TPSA) is 38.9 Å². The van der Waals surface area contributed by atoms with Crippen LogP contribution in [-0.2, 0) is 10.8 Å². The lowest BCUT2D eigenvalue weighted by molar-refractivity contribution is 0.411. The SMILES string of the molecule is CC(C)(C)c1nc2cc3sc(C(C)(C)C)nc3cc2o1. The first-order valence-electron chi connectivity index (χ1n) is 6.87. The van der Waals surface area contributed by atoms with E-state index in [4.69, 9.17) is 9.40 Å². The zero-order chi connectivity index (χ0) is 14.7. The third-order valence-electron chi connectivity index (χ3n) is 3.18. The van der Waals surface area contributed by atoms with Crippen molar-refractivity contribution < 1.29 is 4.42 Å². The molecule has 0 unspecified atom stereocenters. The molecule has 2 heterocycles. The Morgan fingerprint density at radius 2 is 1.60 bits per heavy atom. The largest absolute Gasteiger partial charge is 0.440 e. The second-order valence-corrected chi connectivity index (χ2v) is 8.36. The average Bonchev–Trinajstić information content (AvgIpc) is 2.85. The molecule has 3 rings (SSSR count). The molecule has 3 aromatic rings. The van der Waals surface area contributed by atoms with Crippen LogP contribution in [0.4, 0.5) is 0 Å². The minimum absolute atomic E-state index is 0.0730. The molecule has 0 amide bonds. The molecule has 0 bridgehead atoms. The summed E-state index contributed by atoms with van der Waals surface area (Å²) in [5.41, 5.74) is 2.76. The highest BCUT2D eigenvalue weighted by molar-refractivity contribution is 7.18. The number of hydrogen-bond acceptors (Lipinski definition) is 4. The van der Waals surface area contributed by atoms with Gasteiger partial charge in [-0.3, -0.25) is 0 Å². The van der Waals surface area contributed by atoms with Gasteiger partial charge in [-0.05, 0) is 6.07 Å². The Balaban J connectivity index is 2.20. The van der Waals surface area contributed by atoms with E-state index < -0.39 is 0 Å². The van der Waals surface area contributed by atoms with Crippen LogP contribution < -0.4 is 0 Å². The molecule has 0 spiro atoms. The Morgan fingerprint density at radius 3 is 2.20 bits per heavy atom. The van der Waals surface area contributed by atoms with Crippen molar-refractivity contribution in [2.75, 3.05) is 0 Å². The Bertz CT molecular complexity index is 670. The molecule has 0 fully saturated rings. The molecule has 0 radical (unpaired) electrons. The summed E-state index contributed by atoms with van der Waals surface area (Å²) in [6.45, 7) is 12.9. The summed E-state index contributed by atoms with van der Waals surface area (Å²) in [7, 11) is 0. The van der Waals surface area contributed by atoms with Gasteiger partial charge in [0, 0.05) is 16.9 Å². The van der Waals surface area contributed by atoms with E-state index in [1.807, 2.05) is 6.07 Å². The van der Waals surface area contributed by atoms with Gasteiger partial charge < -0.3 is 4.42 Å². The number of benzene rings is 1. The smallest absolute Gasteiger partial charge is 0.200 e. The van der Waals surface area contributed by atoms with Gasteiger partial charge in [0.2, 0.25) is 5.89 Å². The molecule has 106 valence electrons. The lowest BCUT2D eigenvalue weighted by Gasteiger charge is -2.13. The zero-order valence-electron chi connectivity index (χ0n) is 12.9. The van der Waals surface area contributed by atoms with Crippen molar-refractivity contribution in [2.45, 2.75) is 52.4 Å². The fraction of sp³-hybridized carbons (Fsp3) is 0.500. The molecule has 0 aliphatic carbocycles. The molecule has 4 heteroatoms. The predicted octanol–water partition coefficient (Wildman–Crippen LogP) is 5.03. The van der Waals surface area contributed by atoms with E-state index in [0.29, 0.717) is 0 Å². The van der Waals surface area contributed by atoms with Crippen LogP contribution in [0.3, 0.4) is 0 Å². The summed E-state index contributed by atoms with van der Waals surface area (Å²) in [6.07, 6.45) is 0. The summed E-state index contributed by atoms with van der Waals surface area (Å²) in [4.78, 5) is 9.35. The predicted molar refractivity (Wildman–Crippen MR) is 84.6 cm³/mol.